The fourth-order valence-corrected chi connectivity index (χ4v) is 0.847. The topological polar surface area (TPSA) is 133 Å². The number of hydrogen-bond acceptors (Lipinski definition) is 8. The molecule has 13 heteroatoms. The number of halogens is 2. The van der Waals surface area contributed by atoms with Gasteiger partial charge in [-0.2, -0.15) is 4.80 Å². The number of nitrogens with zero attached hydrogens (tertiary/aromatic N) is 7. The van der Waals surface area contributed by atoms with E-state index in [0.29, 0.717) is 4.80 Å². The minimum atomic E-state index is -4.05. The summed E-state index contributed by atoms with van der Waals surface area (Å²) in [6.07, 6.45) is 0. The van der Waals surface area contributed by atoms with Crippen LogP contribution in [-0.2, 0) is 12.8 Å². The average Bonchev–Trinajstić information content (AvgIpc) is 2.50. The molecule has 0 bridgehead atoms. The molecule has 0 saturated heterocycles. The van der Waals surface area contributed by atoms with E-state index in [1.165, 1.54) is 0 Å². The molecule has 0 aliphatic carbocycles. The molecular weight excluding hydrogens is 236 g/mol. The summed E-state index contributed by atoms with van der Waals surface area (Å²) in [7, 11) is 1.11. The van der Waals surface area contributed by atoms with Crippen LogP contribution < -0.4 is 0 Å². The second-order valence-corrected chi connectivity index (χ2v) is 2.49. The molecule has 0 atom stereocenters. The van der Waals surface area contributed by atoms with Crippen molar-refractivity contribution in [1.82, 2.24) is 25.6 Å². The minimum Gasteiger partial charge on any atom is -0.257 e. The molecule has 0 spiro atoms. The average molecular weight is 239 g/mol. The second kappa shape index (κ2) is 3.69. The summed E-state index contributed by atoms with van der Waals surface area (Å²) in [4.78, 5) is 17.8. The second-order valence-electron chi connectivity index (χ2n) is 2.49. The Balaban J connectivity index is 3.45. The van der Waals surface area contributed by atoms with Crippen LogP contribution in [0.5, 0.6) is 0 Å². The minimum absolute atomic E-state index is 0.584. The quantitative estimate of drug-likeness (QED) is 0.281. The maximum Gasteiger partial charge on any atom is 0.640 e. The molecule has 11 nitrogen and oxygen atoms in total. The normalized spacial score (nSPS) is 11.8. The van der Waals surface area contributed by atoms with E-state index in [0.717, 1.165) is 7.05 Å². The highest BCUT2D eigenvalue weighted by Gasteiger charge is 2.71. The number of rotatable bonds is 4. The van der Waals surface area contributed by atoms with Gasteiger partial charge in [-0.1, -0.05) is 14.1 Å². The van der Waals surface area contributed by atoms with Crippen molar-refractivity contribution in [3.8, 4) is 0 Å². The zero-order valence-corrected chi connectivity index (χ0v) is 7.52. The summed E-state index contributed by atoms with van der Waals surface area (Å²) >= 11 is 0. The zero-order valence-electron chi connectivity index (χ0n) is 7.52. The van der Waals surface area contributed by atoms with Gasteiger partial charge in [0.25, 0.3) is 0 Å². The summed E-state index contributed by atoms with van der Waals surface area (Å²) in [6.45, 7) is 0. The van der Waals surface area contributed by atoms with Crippen LogP contribution in [0.3, 0.4) is 0 Å². The van der Waals surface area contributed by atoms with Crippen LogP contribution in [0.25, 0.3) is 0 Å². The van der Waals surface area contributed by atoms with E-state index in [2.05, 4.69) is 15.4 Å². The van der Waals surface area contributed by atoms with Crippen molar-refractivity contribution in [2.75, 3.05) is 0 Å². The molecule has 88 valence electrons. The standard InChI is InChI=1S/C3H3F2N7O4/c1-9-7-2(6-8-9)3(10(4)5,11(13)14)12(15)16/h1H3. The third-order valence-corrected chi connectivity index (χ3v) is 1.55. The van der Waals surface area contributed by atoms with Crippen LogP contribution in [-0.4, -0.2) is 35.4 Å². The van der Waals surface area contributed by atoms with E-state index >= 15 is 0 Å². The Morgan fingerprint density at radius 3 is 2.12 bits per heavy atom. The molecule has 0 radical (unpaired) electrons. The van der Waals surface area contributed by atoms with Gasteiger partial charge in [0.05, 0.1) is 7.05 Å². The first-order valence-corrected chi connectivity index (χ1v) is 3.48. The Hall–Kier alpha value is -2.31. The Kier molecular flexibility index (Phi) is 2.71. The van der Waals surface area contributed by atoms with E-state index in [9.17, 15) is 29.2 Å². The van der Waals surface area contributed by atoms with Crippen LogP contribution in [0.2, 0.25) is 0 Å². The van der Waals surface area contributed by atoms with Crippen LogP contribution in [0, 0.1) is 20.2 Å². The maximum atomic E-state index is 12.4. The van der Waals surface area contributed by atoms with Gasteiger partial charge in [-0.15, -0.1) is 5.10 Å². The fraction of sp³-hybridized carbons (Fsp3) is 0.667. The molecule has 0 amide bonds. The smallest absolute Gasteiger partial charge is 0.257 e. The molecule has 1 aromatic rings. The van der Waals surface area contributed by atoms with Gasteiger partial charge < -0.3 is 0 Å². The fourth-order valence-electron chi connectivity index (χ4n) is 0.847. The number of tetrazole rings is 1. The van der Waals surface area contributed by atoms with Crippen molar-refractivity contribution in [2.24, 2.45) is 7.05 Å². The molecule has 1 heterocycles. The van der Waals surface area contributed by atoms with Gasteiger partial charge in [-0.25, -0.2) is 0 Å². The number of hydrogen-bond donors (Lipinski definition) is 0. The third-order valence-electron chi connectivity index (χ3n) is 1.55. The molecule has 0 fully saturated rings. The van der Waals surface area contributed by atoms with Crippen molar-refractivity contribution in [1.29, 1.82) is 0 Å². The lowest BCUT2D eigenvalue weighted by atomic mass is 10.3. The largest absolute Gasteiger partial charge is 0.640 e. The molecule has 0 aliphatic heterocycles. The SMILES string of the molecule is Cn1nnc(C(N(F)F)([N+](=O)[O-])[N+](=O)[O-])n1. The molecule has 16 heavy (non-hydrogen) atoms. The Morgan fingerprint density at radius 2 is 1.88 bits per heavy atom. The summed E-state index contributed by atoms with van der Waals surface area (Å²) in [5.74, 6) is -5.39. The van der Waals surface area contributed by atoms with E-state index in [4.69, 9.17) is 0 Å². The molecule has 0 saturated carbocycles. The zero-order chi connectivity index (χ0) is 12.5. The van der Waals surface area contributed by atoms with Crippen molar-refractivity contribution in [2.45, 2.75) is 5.79 Å². The Bertz CT molecular complexity index is 417. The van der Waals surface area contributed by atoms with Crippen molar-refractivity contribution >= 4 is 0 Å². The number of aryl methyl sites for hydroxylation is 1. The van der Waals surface area contributed by atoms with Crippen molar-refractivity contribution < 1.29 is 18.8 Å². The van der Waals surface area contributed by atoms with Gasteiger partial charge in [0.2, 0.25) is 0 Å². The van der Waals surface area contributed by atoms with Gasteiger partial charge in [0.1, 0.15) is 9.85 Å². The molecule has 1 aromatic heterocycles. The van der Waals surface area contributed by atoms with Crippen molar-refractivity contribution in [3.63, 3.8) is 0 Å². The molecule has 0 aromatic carbocycles. The summed E-state index contributed by atoms with van der Waals surface area (Å²) in [5.41, 5.74) is 0. The third kappa shape index (κ3) is 1.42. The lowest BCUT2D eigenvalue weighted by Gasteiger charge is -2.11. The molecule has 0 unspecified atom stereocenters. The van der Waals surface area contributed by atoms with Crippen LogP contribution in [0.1, 0.15) is 5.82 Å². The van der Waals surface area contributed by atoms with Crippen LogP contribution >= 0.6 is 0 Å². The van der Waals surface area contributed by atoms with E-state index in [-0.39, 0.29) is 0 Å². The predicted molar refractivity (Wildman–Crippen MR) is 38.5 cm³/mol. The number of nitro groups is 2. The highest BCUT2D eigenvalue weighted by Crippen LogP contribution is 2.27. The first kappa shape index (κ1) is 11.8. The Labute approximate surface area is 84.4 Å². The first-order chi connectivity index (χ1) is 7.33. The maximum absolute atomic E-state index is 12.4. The summed E-state index contributed by atoms with van der Waals surface area (Å²) < 4.78 is 24.8. The highest BCUT2D eigenvalue weighted by molar-refractivity contribution is 4.86. The van der Waals surface area contributed by atoms with Crippen LogP contribution in [0.15, 0.2) is 0 Å². The van der Waals surface area contributed by atoms with Gasteiger partial charge in [0.15, 0.2) is 5.34 Å². The van der Waals surface area contributed by atoms with E-state index < -0.39 is 26.8 Å². The summed E-state index contributed by atoms with van der Waals surface area (Å²) in [5, 5.41) is 27.6. The highest BCUT2D eigenvalue weighted by atomic mass is 19.4. The lowest BCUT2D eigenvalue weighted by molar-refractivity contribution is -0.864. The number of aromatic nitrogens is 4. The van der Waals surface area contributed by atoms with Crippen LogP contribution in [0.4, 0.5) is 8.96 Å². The first-order valence-electron chi connectivity index (χ1n) is 3.48. The van der Waals surface area contributed by atoms with Gasteiger partial charge >= 0.3 is 11.6 Å². The molecule has 1 rings (SSSR count). The Morgan fingerprint density at radius 1 is 1.38 bits per heavy atom. The van der Waals surface area contributed by atoms with E-state index in [1.54, 1.807) is 0 Å². The summed E-state index contributed by atoms with van der Waals surface area (Å²) in [6, 6.07) is 0. The monoisotopic (exact) mass is 239 g/mol. The predicted octanol–water partition coefficient (Wildman–Crippen LogP) is -1.06. The molecule has 0 aliphatic rings. The molecular formula is C3H3F2N7O4. The lowest BCUT2D eigenvalue weighted by Crippen LogP contribution is -2.52. The molecule has 0 N–H and O–H groups in total. The van der Waals surface area contributed by atoms with Gasteiger partial charge in [-0.05, 0) is 5.21 Å². The van der Waals surface area contributed by atoms with Gasteiger partial charge in [-0.3, -0.25) is 20.2 Å². The van der Waals surface area contributed by atoms with Gasteiger partial charge in [0, 0.05) is 0 Å². The van der Waals surface area contributed by atoms with Crippen molar-refractivity contribution in [3.05, 3.63) is 26.1 Å². The van der Waals surface area contributed by atoms with E-state index in [1.807, 2.05) is 0 Å².